The molecule has 2 rings (SSSR count). The summed E-state index contributed by atoms with van der Waals surface area (Å²) >= 11 is 0. The monoisotopic (exact) mass is 244 g/mol. The number of hydrogen-bond donors (Lipinski definition) is 2. The topological polar surface area (TPSA) is 49.7 Å². The average molecular weight is 244 g/mol. The van der Waals surface area contributed by atoms with Crippen LogP contribution in [0, 0.1) is 0 Å². The second kappa shape index (κ2) is 6.19. The van der Waals surface area contributed by atoms with E-state index in [0.29, 0.717) is 5.75 Å². The van der Waals surface area contributed by atoms with Gasteiger partial charge in [-0.15, -0.1) is 0 Å². The predicted octanol–water partition coefficient (Wildman–Crippen LogP) is 2.29. The summed E-state index contributed by atoms with van der Waals surface area (Å²) in [5, 5.41) is 18.9. The molecule has 2 N–H and O–H groups in total. The van der Waals surface area contributed by atoms with Crippen LogP contribution in [0.2, 0.25) is 0 Å². The van der Waals surface area contributed by atoms with Crippen molar-refractivity contribution in [2.75, 3.05) is 6.61 Å². The molecule has 2 aromatic carbocycles. The molecular weight excluding hydrogens is 228 g/mol. The van der Waals surface area contributed by atoms with E-state index in [1.54, 1.807) is 12.1 Å². The molecule has 18 heavy (non-hydrogen) atoms. The van der Waals surface area contributed by atoms with Gasteiger partial charge in [0.15, 0.2) is 0 Å². The molecule has 0 aliphatic carbocycles. The van der Waals surface area contributed by atoms with E-state index in [9.17, 15) is 5.11 Å². The fourth-order valence-electron chi connectivity index (χ4n) is 1.68. The maximum atomic E-state index is 9.93. The van der Waals surface area contributed by atoms with Gasteiger partial charge in [-0.1, -0.05) is 42.5 Å². The van der Waals surface area contributed by atoms with Crippen LogP contribution in [0.1, 0.15) is 17.2 Å². The lowest BCUT2D eigenvalue weighted by atomic mass is 10.1. The second-order valence-corrected chi connectivity index (χ2v) is 4.04. The Bertz CT molecular complexity index is 482. The molecule has 3 nitrogen and oxygen atoms in total. The summed E-state index contributed by atoms with van der Waals surface area (Å²) in [4.78, 5) is 0. The fraction of sp³-hybridized carbons (Fsp3) is 0.200. The maximum Gasteiger partial charge on any atom is 0.119 e. The molecule has 0 fully saturated rings. The van der Waals surface area contributed by atoms with Crippen molar-refractivity contribution in [1.82, 2.24) is 0 Å². The van der Waals surface area contributed by atoms with E-state index in [-0.39, 0.29) is 13.2 Å². The Morgan fingerprint density at radius 3 is 2.50 bits per heavy atom. The van der Waals surface area contributed by atoms with E-state index in [0.717, 1.165) is 11.1 Å². The van der Waals surface area contributed by atoms with Crippen LogP contribution in [0.5, 0.6) is 5.75 Å². The highest BCUT2D eigenvalue weighted by atomic mass is 16.5. The van der Waals surface area contributed by atoms with Gasteiger partial charge in [-0.3, -0.25) is 0 Å². The first-order valence-electron chi connectivity index (χ1n) is 5.85. The van der Waals surface area contributed by atoms with E-state index in [1.807, 2.05) is 42.5 Å². The molecule has 0 heterocycles. The number of hydrogen-bond acceptors (Lipinski definition) is 3. The molecule has 3 heteroatoms. The first kappa shape index (κ1) is 12.6. The fourth-order valence-corrected chi connectivity index (χ4v) is 1.68. The van der Waals surface area contributed by atoms with Gasteiger partial charge >= 0.3 is 0 Å². The Morgan fingerprint density at radius 2 is 1.78 bits per heavy atom. The van der Waals surface area contributed by atoms with Crippen LogP contribution in [0.25, 0.3) is 0 Å². The van der Waals surface area contributed by atoms with Crippen molar-refractivity contribution in [2.45, 2.75) is 12.7 Å². The van der Waals surface area contributed by atoms with Crippen molar-refractivity contribution < 1.29 is 14.9 Å². The SMILES string of the molecule is OCc1cccc(OCC(O)c2ccccc2)c1. The third-order valence-corrected chi connectivity index (χ3v) is 2.67. The molecule has 0 aliphatic heterocycles. The Labute approximate surface area is 106 Å². The lowest BCUT2D eigenvalue weighted by Crippen LogP contribution is -2.09. The van der Waals surface area contributed by atoms with Gasteiger partial charge in [0.1, 0.15) is 18.5 Å². The number of rotatable bonds is 5. The molecule has 1 unspecified atom stereocenters. The van der Waals surface area contributed by atoms with Gasteiger partial charge in [-0.25, -0.2) is 0 Å². The minimum atomic E-state index is -0.649. The van der Waals surface area contributed by atoms with Gasteiger partial charge in [0, 0.05) is 0 Å². The van der Waals surface area contributed by atoms with Crippen LogP contribution in [0.15, 0.2) is 54.6 Å². The summed E-state index contributed by atoms with van der Waals surface area (Å²) in [6.45, 7) is 0.178. The van der Waals surface area contributed by atoms with Crippen LogP contribution < -0.4 is 4.74 Å². The minimum Gasteiger partial charge on any atom is -0.491 e. The predicted molar refractivity (Wildman–Crippen MR) is 69.3 cm³/mol. The van der Waals surface area contributed by atoms with Crippen molar-refractivity contribution in [1.29, 1.82) is 0 Å². The van der Waals surface area contributed by atoms with E-state index in [1.165, 1.54) is 0 Å². The summed E-state index contributed by atoms with van der Waals surface area (Å²) in [6, 6.07) is 16.6. The average Bonchev–Trinajstić information content (AvgIpc) is 2.46. The first-order valence-corrected chi connectivity index (χ1v) is 5.85. The molecule has 0 aliphatic rings. The van der Waals surface area contributed by atoms with E-state index in [2.05, 4.69) is 0 Å². The second-order valence-electron chi connectivity index (χ2n) is 4.04. The number of aliphatic hydroxyl groups is 2. The Morgan fingerprint density at radius 1 is 1.00 bits per heavy atom. The first-order chi connectivity index (χ1) is 8.79. The molecule has 0 amide bonds. The molecule has 0 saturated heterocycles. The van der Waals surface area contributed by atoms with Gasteiger partial charge in [-0.2, -0.15) is 0 Å². The van der Waals surface area contributed by atoms with E-state index in [4.69, 9.17) is 9.84 Å². The summed E-state index contributed by atoms with van der Waals surface area (Å²) < 4.78 is 5.50. The third-order valence-electron chi connectivity index (χ3n) is 2.67. The Balaban J connectivity index is 1.95. The molecule has 94 valence electrons. The van der Waals surface area contributed by atoms with Crippen molar-refractivity contribution in [2.24, 2.45) is 0 Å². The lowest BCUT2D eigenvalue weighted by molar-refractivity contribution is 0.108. The number of aliphatic hydroxyl groups excluding tert-OH is 2. The summed E-state index contributed by atoms with van der Waals surface area (Å²) in [7, 11) is 0. The molecule has 0 aromatic heterocycles. The molecule has 0 radical (unpaired) electrons. The normalized spacial score (nSPS) is 12.1. The quantitative estimate of drug-likeness (QED) is 0.848. The van der Waals surface area contributed by atoms with E-state index >= 15 is 0 Å². The van der Waals surface area contributed by atoms with Crippen LogP contribution in [0.4, 0.5) is 0 Å². The highest BCUT2D eigenvalue weighted by Gasteiger charge is 2.07. The molecule has 0 spiro atoms. The lowest BCUT2D eigenvalue weighted by Gasteiger charge is -2.13. The summed E-state index contributed by atoms with van der Waals surface area (Å²) in [5.74, 6) is 0.650. The van der Waals surface area contributed by atoms with Crippen molar-refractivity contribution in [3.63, 3.8) is 0 Å². The molecule has 0 saturated carbocycles. The molecular formula is C15H16O3. The zero-order valence-corrected chi connectivity index (χ0v) is 9.99. The van der Waals surface area contributed by atoms with Crippen LogP contribution in [-0.4, -0.2) is 16.8 Å². The highest BCUT2D eigenvalue weighted by molar-refractivity contribution is 5.28. The van der Waals surface area contributed by atoms with Crippen LogP contribution in [-0.2, 0) is 6.61 Å². The van der Waals surface area contributed by atoms with Crippen LogP contribution >= 0.6 is 0 Å². The Kier molecular flexibility index (Phi) is 4.34. The van der Waals surface area contributed by atoms with Gasteiger partial charge in [0.2, 0.25) is 0 Å². The largest absolute Gasteiger partial charge is 0.491 e. The molecule has 2 aromatic rings. The third kappa shape index (κ3) is 3.32. The zero-order chi connectivity index (χ0) is 12.8. The highest BCUT2D eigenvalue weighted by Crippen LogP contribution is 2.17. The molecule has 1 atom stereocenters. The smallest absolute Gasteiger partial charge is 0.119 e. The summed E-state index contributed by atoms with van der Waals surface area (Å²) in [5.41, 5.74) is 1.62. The van der Waals surface area contributed by atoms with Crippen molar-refractivity contribution >= 4 is 0 Å². The van der Waals surface area contributed by atoms with E-state index < -0.39 is 6.10 Å². The maximum absolute atomic E-state index is 9.93. The minimum absolute atomic E-state index is 0.0154. The number of ether oxygens (including phenoxy) is 1. The molecule has 0 bridgehead atoms. The van der Waals surface area contributed by atoms with Gasteiger partial charge in [0.25, 0.3) is 0 Å². The van der Waals surface area contributed by atoms with Crippen LogP contribution in [0.3, 0.4) is 0 Å². The van der Waals surface area contributed by atoms with Gasteiger partial charge in [0.05, 0.1) is 6.61 Å². The summed E-state index contributed by atoms with van der Waals surface area (Å²) in [6.07, 6.45) is -0.649. The zero-order valence-electron chi connectivity index (χ0n) is 9.99. The Hall–Kier alpha value is -1.84. The number of benzene rings is 2. The standard InChI is InChI=1S/C15H16O3/c16-10-12-5-4-8-14(9-12)18-11-15(17)13-6-2-1-3-7-13/h1-9,15-17H,10-11H2. The van der Waals surface area contributed by atoms with Gasteiger partial charge < -0.3 is 14.9 Å². The van der Waals surface area contributed by atoms with Crippen molar-refractivity contribution in [3.05, 3.63) is 65.7 Å². The van der Waals surface area contributed by atoms with Gasteiger partial charge in [-0.05, 0) is 23.3 Å². The van der Waals surface area contributed by atoms with Crippen molar-refractivity contribution in [3.8, 4) is 5.75 Å².